The lowest BCUT2D eigenvalue weighted by atomic mass is 9.90. The SMILES string of the molecule is [CH+]=C1C=CCc2cccc(C)c21. The monoisotopic (exact) mass is 155 g/mol. The van der Waals surface area contributed by atoms with Crippen molar-refractivity contribution in [2.45, 2.75) is 13.3 Å². The van der Waals surface area contributed by atoms with Crippen molar-refractivity contribution < 1.29 is 0 Å². The van der Waals surface area contributed by atoms with E-state index in [2.05, 4.69) is 31.2 Å². The van der Waals surface area contributed by atoms with E-state index in [0.717, 1.165) is 12.0 Å². The minimum Gasteiger partial charge on any atom is -0.0593 e. The van der Waals surface area contributed by atoms with Gasteiger partial charge in [0.2, 0.25) is 0 Å². The molecule has 0 unspecified atom stereocenters. The number of aryl methyl sites for hydroxylation is 1. The molecule has 12 heavy (non-hydrogen) atoms. The zero-order chi connectivity index (χ0) is 8.55. The van der Waals surface area contributed by atoms with Gasteiger partial charge in [0, 0.05) is 24.1 Å². The largest absolute Gasteiger partial charge is 0.188 e. The maximum absolute atomic E-state index is 5.88. The summed E-state index contributed by atoms with van der Waals surface area (Å²) in [6.07, 6.45) is 5.12. The molecular formula is C12H11+. The molecular weight excluding hydrogens is 144 g/mol. The Balaban J connectivity index is 2.66. The first-order chi connectivity index (χ1) is 5.79. The normalized spacial score (nSPS) is 14.5. The van der Waals surface area contributed by atoms with Crippen LogP contribution in [0.2, 0.25) is 0 Å². The van der Waals surface area contributed by atoms with Crippen LogP contribution in [-0.2, 0) is 6.42 Å². The van der Waals surface area contributed by atoms with Gasteiger partial charge in [-0.05, 0) is 25.1 Å². The summed E-state index contributed by atoms with van der Waals surface area (Å²) in [5.41, 5.74) is 4.75. The van der Waals surface area contributed by atoms with Crippen molar-refractivity contribution >= 4 is 5.57 Å². The lowest BCUT2D eigenvalue weighted by molar-refractivity contribution is 1.20. The Morgan fingerprint density at radius 3 is 2.92 bits per heavy atom. The van der Waals surface area contributed by atoms with E-state index in [4.69, 9.17) is 6.58 Å². The molecule has 0 aromatic heterocycles. The Morgan fingerprint density at radius 1 is 1.33 bits per heavy atom. The highest BCUT2D eigenvalue weighted by atomic mass is 14.1. The standard InChI is InChI=1S/C12H11/c1-9-5-3-7-11-8-4-6-10(2)12(9)11/h1,3-6,8H,7H2,2H3/q+1. The van der Waals surface area contributed by atoms with Crippen LogP contribution in [-0.4, -0.2) is 0 Å². The molecule has 0 saturated heterocycles. The molecule has 0 N–H and O–H groups in total. The molecule has 1 aromatic rings. The van der Waals surface area contributed by atoms with Gasteiger partial charge < -0.3 is 0 Å². The van der Waals surface area contributed by atoms with Gasteiger partial charge in [-0.1, -0.05) is 6.07 Å². The summed E-state index contributed by atoms with van der Waals surface area (Å²) in [5.74, 6) is 0. The Kier molecular flexibility index (Phi) is 1.56. The van der Waals surface area contributed by atoms with Crippen LogP contribution in [0, 0.1) is 13.5 Å². The van der Waals surface area contributed by atoms with Crippen LogP contribution in [0.5, 0.6) is 0 Å². The fraction of sp³-hybridized carbons (Fsp3) is 0.167. The van der Waals surface area contributed by atoms with Crippen molar-refractivity contribution in [2.75, 3.05) is 0 Å². The molecule has 0 saturated carbocycles. The first-order valence-corrected chi connectivity index (χ1v) is 4.17. The van der Waals surface area contributed by atoms with Gasteiger partial charge >= 0.3 is 0 Å². The van der Waals surface area contributed by atoms with E-state index in [-0.39, 0.29) is 0 Å². The molecule has 0 fully saturated rings. The van der Waals surface area contributed by atoms with Gasteiger partial charge in [0.25, 0.3) is 0 Å². The topological polar surface area (TPSA) is 0 Å². The molecule has 0 nitrogen and oxygen atoms in total. The molecule has 1 aliphatic carbocycles. The summed E-state index contributed by atoms with van der Waals surface area (Å²) in [4.78, 5) is 0. The maximum atomic E-state index is 5.88. The fourth-order valence-corrected chi connectivity index (χ4v) is 1.71. The molecule has 0 heterocycles. The number of hydrogen-bond donors (Lipinski definition) is 0. The third kappa shape index (κ3) is 0.975. The molecule has 58 valence electrons. The Bertz CT molecular complexity index is 356. The van der Waals surface area contributed by atoms with E-state index < -0.39 is 0 Å². The summed E-state index contributed by atoms with van der Waals surface area (Å²) in [6.45, 7) is 7.98. The molecule has 1 aliphatic rings. The lowest BCUT2D eigenvalue weighted by Crippen LogP contribution is -1.97. The van der Waals surface area contributed by atoms with E-state index in [1.807, 2.05) is 6.08 Å². The smallest absolute Gasteiger partial charge is 0.0593 e. The third-order valence-corrected chi connectivity index (χ3v) is 2.28. The van der Waals surface area contributed by atoms with E-state index in [9.17, 15) is 0 Å². The van der Waals surface area contributed by atoms with Crippen LogP contribution in [0.1, 0.15) is 16.7 Å². The highest BCUT2D eigenvalue weighted by Gasteiger charge is 2.18. The first kappa shape index (κ1) is 7.27. The van der Waals surface area contributed by atoms with Crippen LogP contribution in [0.25, 0.3) is 5.57 Å². The Morgan fingerprint density at radius 2 is 2.17 bits per heavy atom. The summed E-state index contributed by atoms with van der Waals surface area (Å²) < 4.78 is 0. The summed E-state index contributed by atoms with van der Waals surface area (Å²) in [5, 5.41) is 0. The van der Waals surface area contributed by atoms with Crippen LogP contribution < -0.4 is 0 Å². The zero-order valence-electron chi connectivity index (χ0n) is 7.17. The van der Waals surface area contributed by atoms with Crippen molar-refractivity contribution in [1.29, 1.82) is 0 Å². The van der Waals surface area contributed by atoms with Crippen molar-refractivity contribution in [3.63, 3.8) is 0 Å². The molecule has 0 bridgehead atoms. The van der Waals surface area contributed by atoms with Gasteiger partial charge in [0.15, 0.2) is 5.57 Å². The van der Waals surface area contributed by atoms with E-state index in [0.29, 0.717) is 0 Å². The van der Waals surface area contributed by atoms with Gasteiger partial charge in [0.05, 0.1) is 11.6 Å². The number of fused-ring (bicyclic) bond motifs is 1. The Hall–Kier alpha value is -1.39. The summed E-state index contributed by atoms with van der Waals surface area (Å²) in [6, 6.07) is 6.32. The number of hydrogen-bond acceptors (Lipinski definition) is 0. The number of benzene rings is 1. The number of rotatable bonds is 0. The molecule has 0 amide bonds. The molecule has 2 rings (SSSR count). The minimum atomic E-state index is 0.898. The molecule has 0 heteroatoms. The first-order valence-electron chi connectivity index (χ1n) is 4.17. The molecule has 0 aliphatic heterocycles. The molecule has 0 radical (unpaired) electrons. The van der Waals surface area contributed by atoms with E-state index >= 15 is 0 Å². The van der Waals surface area contributed by atoms with Crippen LogP contribution >= 0.6 is 0 Å². The average molecular weight is 155 g/mol. The second-order valence-corrected chi connectivity index (χ2v) is 3.17. The molecule has 0 spiro atoms. The van der Waals surface area contributed by atoms with Crippen LogP contribution in [0.3, 0.4) is 0 Å². The van der Waals surface area contributed by atoms with Crippen molar-refractivity contribution in [3.8, 4) is 0 Å². The van der Waals surface area contributed by atoms with Gasteiger partial charge in [-0.15, -0.1) is 0 Å². The highest BCUT2D eigenvalue weighted by Crippen LogP contribution is 2.26. The van der Waals surface area contributed by atoms with Gasteiger partial charge in [-0.2, -0.15) is 0 Å². The summed E-state index contributed by atoms with van der Waals surface area (Å²) >= 11 is 0. The van der Waals surface area contributed by atoms with Crippen molar-refractivity contribution in [3.05, 3.63) is 53.6 Å². The van der Waals surface area contributed by atoms with E-state index in [1.165, 1.54) is 16.7 Å². The van der Waals surface area contributed by atoms with Crippen LogP contribution in [0.4, 0.5) is 0 Å². The second kappa shape index (κ2) is 2.58. The van der Waals surface area contributed by atoms with Gasteiger partial charge in [0.1, 0.15) is 0 Å². The van der Waals surface area contributed by atoms with Crippen LogP contribution in [0.15, 0.2) is 30.4 Å². The average Bonchev–Trinajstić information content (AvgIpc) is 2.04. The predicted molar refractivity (Wildman–Crippen MR) is 51.7 cm³/mol. The fourth-order valence-electron chi connectivity index (χ4n) is 1.71. The molecule has 0 atom stereocenters. The maximum Gasteiger partial charge on any atom is 0.188 e. The highest BCUT2D eigenvalue weighted by molar-refractivity contribution is 5.77. The zero-order valence-corrected chi connectivity index (χ0v) is 7.17. The quantitative estimate of drug-likeness (QED) is 0.505. The van der Waals surface area contributed by atoms with E-state index in [1.54, 1.807) is 0 Å². The molecule has 1 aromatic carbocycles. The third-order valence-electron chi connectivity index (χ3n) is 2.28. The second-order valence-electron chi connectivity index (χ2n) is 3.17. The van der Waals surface area contributed by atoms with Gasteiger partial charge in [-0.3, -0.25) is 0 Å². The van der Waals surface area contributed by atoms with Crippen molar-refractivity contribution in [1.82, 2.24) is 0 Å². The number of allylic oxidation sites excluding steroid dienone is 3. The summed E-state index contributed by atoms with van der Waals surface area (Å²) in [7, 11) is 0. The minimum absolute atomic E-state index is 0.898. The lowest BCUT2D eigenvalue weighted by Gasteiger charge is -2.06. The predicted octanol–water partition coefficient (Wildman–Crippen LogP) is 2.92. The van der Waals surface area contributed by atoms with Crippen molar-refractivity contribution in [2.24, 2.45) is 0 Å². The Labute approximate surface area is 73.2 Å². The van der Waals surface area contributed by atoms with Gasteiger partial charge in [-0.25, -0.2) is 0 Å².